The minimum atomic E-state index is -4.81. The van der Waals surface area contributed by atoms with Gasteiger partial charge in [-0.25, -0.2) is 4.79 Å². The number of para-hydroxylation sites is 2. The van der Waals surface area contributed by atoms with Crippen molar-refractivity contribution in [2.75, 3.05) is 13.1 Å². The predicted octanol–water partition coefficient (Wildman–Crippen LogP) is 7.30. The molecule has 0 spiro atoms. The van der Waals surface area contributed by atoms with E-state index in [4.69, 9.17) is 10.6 Å². The van der Waals surface area contributed by atoms with Gasteiger partial charge in [0.05, 0.1) is 17.8 Å². The highest BCUT2D eigenvalue weighted by molar-refractivity contribution is 5.94. The number of ether oxygens (including phenoxy) is 2. The van der Waals surface area contributed by atoms with E-state index in [1.165, 1.54) is 43.5 Å². The monoisotopic (exact) mass is 540 g/mol. The average Bonchev–Trinajstić information content (AvgIpc) is 3.25. The van der Waals surface area contributed by atoms with Gasteiger partial charge in [-0.15, -0.1) is 13.2 Å². The minimum Gasteiger partial charge on any atom is -0.610 e. The summed E-state index contributed by atoms with van der Waals surface area (Å²) in [6, 6.07) is 21.4. The number of rotatable bonds is 7. The molecular formula is C29H29F3N3O4-. The molecule has 1 aliphatic heterocycles. The molecule has 3 aromatic carbocycles. The fourth-order valence-electron chi connectivity index (χ4n) is 4.36. The molecular weight excluding hydrogens is 511 g/mol. The summed E-state index contributed by atoms with van der Waals surface area (Å²) in [6.45, 7) is 2.19. The second kappa shape index (κ2) is 12.7. The number of halogens is 3. The summed E-state index contributed by atoms with van der Waals surface area (Å²) in [6.07, 6.45) is -1.03. The number of hydrogen-bond acceptors (Lipinski definition) is 4. The van der Waals surface area contributed by atoms with Crippen molar-refractivity contribution in [2.45, 2.75) is 38.8 Å². The van der Waals surface area contributed by atoms with Crippen LogP contribution in [-0.4, -0.2) is 40.1 Å². The van der Waals surface area contributed by atoms with Gasteiger partial charge in [0, 0.05) is 16.5 Å². The van der Waals surface area contributed by atoms with Gasteiger partial charge >= 0.3 is 12.3 Å². The summed E-state index contributed by atoms with van der Waals surface area (Å²) >= 11 is 0. The first-order valence-electron chi connectivity index (χ1n) is 12.5. The van der Waals surface area contributed by atoms with Gasteiger partial charge in [0.2, 0.25) is 0 Å². The molecule has 0 radical (unpaired) electrons. The fourth-order valence-corrected chi connectivity index (χ4v) is 4.36. The van der Waals surface area contributed by atoms with E-state index in [-0.39, 0.29) is 24.5 Å². The SMILES string of the molecule is O=C(O)c1ccc2c(c1)cc(COc1ccccc1)n2Cc1ccccc1OC(F)(F)F.[NH-]N1CCCCC1. The number of carboxylic acid groups (broad SMARTS) is 1. The first kappa shape index (κ1) is 28.0. The first-order valence-corrected chi connectivity index (χ1v) is 12.5. The molecule has 206 valence electrons. The van der Waals surface area contributed by atoms with Crippen LogP contribution < -0.4 is 9.47 Å². The number of fused-ring (bicyclic) bond motifs is 1. The van der Waals surface area contributed by atoms with Crippen LogP contribution >= 0.6 is 0 Å². The molecule has 4 aromatic rings. The summed E-state index contributed by atoms with van der Waals surface area (Å²) in [5.41, 5.74) is 1.79. The third kappa shape index (κ3) is 7.98. The molecule has 0 unspecified atom stereocenters. The van der Waals surface area contributed by atoms with Crippen LogP contribution in [0.15, 0.2) is 78.9 Å². The molecule has 10 heteroatoms. The molecule has 0 atom stereocenters. The molecule has 0 amide bonds. The quantitative estimate of drug-likeness (QED) is 0.266. The molecule has 7 nitrogen and oxygen atoms in total. The van der Waals surface area contributed by atoms with Gasteiger partial charge < -0.3 is 30.0 Å². The van der Waals surface area contributed by atoms with Gasteiger partial charge in [0.15, 0.2) is 0 Å². The average molecular weight is 541 g/mol. The van der Waals surface area contributed by atoms with Crippen LogP contribution in [0.4, 0.5) is 13.2 Å². The van der Waals surface area contributed by atoms with E-state index in [2.05, 4.69) is 4.74 Å². The number of nitrogens with zero attached hydrogens (tertiary/aromatic N) is 2. The standard InChI is InChI=1S/C24H18F3NO4.C5H11N2/c25-24(26,27)32-22-9-5-4-6-17(22)14-28-19(15-31-20-7-2-1-3-8-20)13-18-12-16(23(29)30)10-11-21(18)28;6-7-4-2-1-3-5-7/h1-13H,14-15H2,(H,29,30);6H,1-5H2/q;-1. The second-order valence-corrected chi connectivity index (χ2v) is 9.11. The smallest absolute Gasteiger partial charge is 0.573 e. The number of carbonyl (C=O) groups is 1. The van der Waals surface area contributed by atoms with E-state index in [0.717, 1.165) is 13.1 Å². The highest BCUT2D eigenvalue weighted by atomic mass is 19.4. The number of alkyl halides is 3. The van der Waals surface area contributed by atoms with Crippen LogP contribution in [0.25, 0.3) is 16.7 Å². The zero-order valence-electron chi connectivity index (χ0n) is 21.2. The number of aromatic carboxylic acids is 1. The Balaban J connectivity index is 0.000000438. The van der Waals surface area contributed by atoms with Crippen LogP contribution in [0, 0.1) is 0 Å². The van der Waals surface area contributed by atoms with Gasteiger partial charge in [-0.2, -0.15) is 0 Å². The Hall–Kier alpha value is -4.02. The van der Waals surface area contributed by atoms with Crippen molar-refractivity contribution in [2.24, 2.45) is 0 Å². The predicted molar refractivity (Wildman–Crippen MR) is 142 cm³/mol. The Kier molecular flexibility index (Phi) is 9.11. The van der Waals surface area contributed by atoms with Crippen molar-refractivity contribution in [3.63, 3.8) is 0 Å². The van der Waals surface area contributed by atoms with Gasteiger partial charge in [0.25, 0.3) is 0 Å². The lowest BCUT2D eigenvalue weighted by molar-refractivity contribution is -0.274. The summed E-state index contributed by atoms with van der Waals surface area (Å²) in [5, 5.41) is 11.6. The van der Waals surface area contributed by atoms with E-state index in [9.17, 15) is 23.1 Å². The first-order chi connectivity index (χ1) is 18.7. The summed E-state index contributed by atoms with van der Waals surface area (Å²) in [4.78, 5) is 11.4. The van der Waals surface area contributed by atoms with Gasteiger partial charge in [-0.1, -0.05) is 42.8 Å². The van der Waals surface area contributed by atoms with E-state index in [1.54, 1.807) is 46.0 Å². The fraction of sp³-hybridized carbons (Fsp3) is 0.276. The molecule has 1 fully saturated rings. The Labute approximate surface area is 224 Å². The molecule has 2 heterocycles. The normalized spacial score (nSPS) is 13.9. The van der Waals surface area contributed by atoms with Crippen molar-refractivity contribution in [3.8, 4) is 11.5 Å². The number of piperidine rings is 1. The Morgan fingerprint density at radius 2 is 1.62 bits per heavy atom. The van der Waals surface area contributed by atoms with E-state index in [0.29, 0.717) is 27.9 Å². The number of aromatic nitrogens is 1. The zero-order valence-corrected chi connectivity index (χ0v) is 21.2. The lowest BCUT2D eigenvalue weighted by Gasteiger charge is -2.30. The number of benzene rings is 3. The third-order valence-corrected chi connectivity index (χ3v) is 6.25. The number of nitrogens with one attached hydrogen (secondary N) is 1. The van der Waals surface area contributed by atoms with E-state index in [1.807, 2.05) is 18.2 Å². The Morgan fingerprint density at radius 3 is 2.26 bits per heavy atom. The molecule has 1 aromatic heterocycles. The number of hydrogen-bond donors (Lipinski definition) is 1. The lowest BCUT2D eigenvalue weighted by Crippen LogP contribution is -2.21. The minimum absolute atomic E-state index is 0.0790. The number of carboxylic acids is 1. The summed E-state index contributed by atoms with van der Waals surface area (Å²) < 4.78 is 50.4. The maximum absolute atomic E-state index is 12.9. The maximum atomic E-state index is 12.9. The van der Waals surface area contributed by atoms with Crippen molar-refractivity contribution in [1.82, 2.24) is 9.58 Å². The third-order valence-electron chi connectivity index (χ3n) is 6.25. The molecule has 1 saturated heterocycles. The Bertz CT molecular complexity index is 1380. The zero-order chi connectivity index (χ0) is 27.8. The maximum Gasteiger partial charge on any atom is 0.573 e. The van der Waals surface area contributed by atoms with Gasteiger partial charge in [-0.3, -0.25) is 0 Å². The molecule has 39 heavy (non-hydrogen) atoms. The Morgan fingerprint density at radius 1 is 0.923 bits per heavy atom. The van der Waals surface area contributed by atoms with Crippen molar-refractivity contribution < 1.29 is 32.5 Å². The van der Waals surface area contributed by atoms with Gasteiger partial charge in [-0.05, 0) is 68.4 Å². The largest absolute Gasteiger partial charge is 0.610 e. The topological polar surface area (TPSA) is 87.7 Å². The lowest BCUT2D eigenvalue weighted by atomic mass is 10.1. The van der Waals surface area contributed by atoms with Crippen LogP contribution in [0.5, 0.6) is 11.5 Å². The molecule has 0 saturated carbocycles. The van der Waals surface area contributed by atoms with Crippen molar-refractivity contribution >= 4 is 16.9 Å². The second-order valence-electron chi connectivity index (χ2n) is 9.11. The molecule has 0 aliphatic carbocycles. The van der Waals surface area contributed by atoms with Crippen molar-refractivity contribution in [1.29, 1.82) is 0 Å². The van der Waals surface area contributed by atoms with E-state index < -0.39 is 12.3 Å². The van der Waals surface area contributed by atoms with Crippen molar-refractivity contribution in [3.05, 3.63) is 102 Å². The van der Waals surface area contributed by atoms with Crippen LogP contribution in [0.2, 0.25) is 0 Å². The molecule has 0 bridgehead atoms. The molecule has 1 aliphatic rings. The highest BCUT2D eigenvalue weighted by Gasteiger charge is 2.32. The highest BCUT2D eigenvalue weighted by Crippen LogP contribution is 2.30. The summed E-state index contributed by atoms with van der Waals surface area (Å²) in [5.74, 6) is 6.38. The van der Waals surface area contributed by atoms with Gasteiger partial charge in [0.1, 0.15) is 18.1 Å². The van der Waals surface area contributed by atoms with Crippen LogP contribution in [0.1, 0.15) is 40.9 Å². The summed E-state index contributed by atoms with van der Waals surface area (Å²) in [7, 11) is 0. The molecule has 2 N–H and O–H groups in total. The molecule has 5 rings (SSSR count). The van der Waals surface area contributed by atoms with E-state index >= 15 is 0 Å². The van der Waals surface area contributed by atoms with Crippen LogP contribution in [-0.2, 0) is 13.2 Å². The van der Waals surface area contributed by atoms with Crippen LogP contribution in [0.3, 0.4) is 0 Å².